The Labute approximate surface area is 154 Å². The van der Waals surface area contributed by atoms with Gasteiger partial charge in [-0.25, -0.2) is 0 Å². The average molecular weight is 374 g/mol. The zero-order chi connectivity index (χ0) is 15.4. The van der Waals surface area contributed by atoms with Crippen LogP contribution in [-0.4, -0.2) is 28.4 Å². The zero-order valence-corrected chi connectivity index (χ0v) is 15.7. The summed E-state index contributed by atoms with van der Waals surface area (Å²) in [5.41, 5.74) is 1.10. The summed E-state index contributed by atoms with van der Waals surface area (Å²) in [7, 11) is 0. The van der Waals surface area contributed by atoms with Crippen LogP contribution in [0.5, 0.6) is 0 Å². The number of benzene rings is 1. The predicted octanol–water partition coefficient (Wildman–Crippen LogP) is 2.46. The summed E-state index contributed by atoms with van der Waals surface area (Å²) < 4.78 is 5.53. The molecule has 0 saturated carbocycles. The van der Waals surface area contributed by atoms with Crippen LogP contribution in [0.1, 0.15) is 36.5 Å². The minimum Gasteiger partial charge on any atom is -0.509 e. The van der Waals surface area contributed by atoms with Gasteiger partial charge in [-0.05, 0) is 19.8 Å². The fraction of sp³-hybridized carbons (Fsp3) is 0.412. The number of ether oxygens (including phenoxy) is 1. The molecule has 2 bridgehead atoms. The second kappa shape index (κ2) is 5.99. The van der Waals surface area contributed by atoms with E-state index >= 15 is 0 Å². The van der Waals surface area contributed by atoms with Gasteiger partial charge in [-0.15, -0.1) is 5.56 Å². The maximum atomic E-state index is 12.6. The number of hydrogen-bond acceptors (Lipinski definition) is 4. The average Bonchev–Trinajstić information content (AvgIpc) is 2.81. The third-order valence-corrected chi connectivity index (χ3v) is 4.54. The van der Waals surface area contributed by atoms with Gasteiger partial charge in [-0.1, -0.05) is 19.4 Å². The Hall–Kier alpha value is -0.836. The predicted molar refractivity (Wildman–Crippen MR) is 76.8 cm³/mol. The Balaban J connectivity index is 0.00000176. The molecule has 2 fully saturated rings. The number of Topliss-reactive ketones (excluding diaryl/α,β-unsaturated/α-hetero) is 2. The van der Waals surface area contributed by atoms with E-state index in [-0.39, 0.29) is 44.0 Å². The zero-order valence-electron chi connectivity index (χ0n) is 12.9. The van der Waals surface area contributed by atoms with Gasteiger partial charge in [-0.3, -0.25) is 9.59 Å². The van der Waals surface area contributed by atoms with Gasteiger partial charge in [0.15, 0.2) is 5.78 Å². The molecule has 5 heteroatoms. The van der Waals surface area contributed by atoms with Crippen LogP contribution < -0.4 is 0 Å². The van der Waals surface area contributed by atoms with Crippen LogP contribution in [0.4, 0.5) is 0 Å². The third-order valence-electron chi connectivity index (χ3n) is 4.54. The number of hydrogen-bond donors (Lipinski definition) is 1. The second-order valence-corrected chi connectivity index (χ2v) is 5.93. The molecular formula is C17H17O4Y-. The molecule has 3 rings (SSSR count). The van der Waals surface area contributed by atoms with Crippen molar-refractivity contribution in [3.63, 3.8) is 0 Å². The third kappa shape index (κ3) is 2.51. The molecular weight excluding hydrogens is 357 g/mol. The van der Waals surface area contributed by atoms with Crippen LogP contribution in [-0.2, 0) is 47.0 Å². The minimum absolute atomic E-state index is 0. The standard InChI is InChI=1S/C17H17O4.Y/c1-9-5-4-6-11(10(9)2)14(18)13-15(19)12-7-8-17(3,21-12)16(13)20;/h4,6,12,18H,7-8H2,1-3H3;/q-1;. The van der Waals surface area contributed by atoms with Crippen molar-refractivity contribution in [2.24, 2.45) is 0 Å². The molecule has 22 heavy (non-hydrogen) atoms. The number of carbonyl (C=O) groups excluding carboxylic acids is 2. The molecule has 0 amide bonds. The van der Waals surface area contributed by atoms with E-state index in [1.165, 1.54) is 0 Å². The first-order chi connectivity index (χ1) is 9.85. The van der Waals surface area contributed by atoms with Crippen LogP contribution in [0.25, 0.3) is 5.76 Å². The summed E-state index contributed by atoms with van der Waals surface area (Å²) in [6, 6.07) is 6.38. The monoisotopic (exact) mass is 374 g/mol. The molecule has 1 N–H and O–H groups in total. The molecule has 4 nitrogen and oxygen atoms in total. The van der Waals surface area contributed by atoms with Gasteiger partial charge in [0.25, 0.3) is 0 Å². The first-order valence-corrected chi connectivity index (χ1v) is 7.03. The van der Waals surface area contributed by atoms with Crippen LogP contribution in [0.15, 0.2) is 17.7 Å². The smallest absolute Gasteiger partial charge is 0.201 e. The van der Waals surface area contributed by atoms with E-state index in [9.17, 15) is 14.7 Å². The normalized spacial score (nSPS) is 29.3. The fourth-order valence-corrected chi connectivity index (χ4v) is 3.03. The molecule has 2 saturated heterocycles. The number of rotatable bonds is 1. The van der Waals surface area contributed by atoms with Crippen LogP contribution in [0.2, 0.25) is 0 Å². The molecule has 1 aromatic carbocycles. The van der Waals surface area contributed by atoms with Gasteiger partial charge in [0.1, 0.15) is 23.0 Å². The van der Waals surface area contributed by atoms with Crippen molar-refractivity contribution >= 4 is 17.3 Å². The van der Waals surface area contributed by atoms with Crippen molar-refractivity contribution < 1.29 is 52.1 Å². The summed E-state index contributed by atoms with van der Waals surface area (Å²) in [5, 5.41) is 10.5. The summed E-state index contributed by atoms with van der Waals surface area (Å²) in [4.78, 5) is 24.9. The van der Waals surface area contributed by atoms with E-state index in [1.807, 2.05) is 13.8 Å². The van der Waals surface area contributed by atoms with E-state index in [0.29, 0.717) is 18.4 Å². The van der Waals surface area contributed by atoms with Crippen molar-refractivity contribution in [2.75, 3.05) is 0 Å². The maximum absolute atomic E-state index is 12.6. The molecule has 113 valence electrons. The van der Waals surface area contributed by atoms with Crippen LogP contribution in [0.3, 0.4) is 0 Å². The second-order valence-electron chi connectivity index (χ2n) is 5.93. The van der Waals surface area contributed by atoms with E-state index in [1.54, 1.807) is 19.1 Å². The topological polar surface area (TPSA) is 63.6 Å². The van der Waals surface area contributed by atoms with E-state index in [0.717, 1.165) is 11.1 Å². The SMILES string of the molecule is Cc1[c-]ccc(C(O)=C2C(=O)C3CCC(C)(O3)C2=O)c1C.[Y]. The summed E-state index contributed by atoms with van der Waals surface area (Å²) in [5.74, 6) is -1.05. The van der Waals surface area contributed by atoms with Gasteiger partial charge < -0.3 is 9.84 Å². The van der Waals surface area contributed by atoms with Crippen LogP contribution in [0, 0.1) is 19.9 Å². The van der Waals surface area contributed by atoms with E-state index in [2.05, 4.69) is 6.07 Å². The van der Waals surface area contributed by atoms with Crippen molar-refractivity contribution in [1.82, 2.24) is 0 Å². The number of carbonyl (C=O) groups is 2. The van der Waals surface area contributed by atoms with Gasteiger partial charge in [0, 0.05) is 32.7 Å². The number of aliphatic hydroxyl groups is 1. The molecule has 2 aliphatic rings. The number of fused-ring (bicyclic) bond motifs is 2. The summed E-state index contributed by atoms with van der Waals surface area (Å²) in [6.07, 6.45) is 0.430. The van der Waals surface area contributed by atoms with Crippen molar-refractivity contribution in [3.05, 3.63) is 40.5 Å². The van der Waals surface area contributed by atoms with E-state index in [4.69, 9.17) is 4.74 Å². The Bertz CT molecular complexity index is 692. The molecule has 2 atom stereocenters. The largest absolute Gasteiger partial charge is 0.509 e. The Morgan fingerprint density at radius 3 is 2.77 bits per heavy atom. The first-order valence-electron chi connectivity index (χ1n) is 7.03. The Morgan fingerprint density at radius 1 is 1.41 bits per heavy atom. The number of ketones is 2. The Morgan fingerprint density at radius 2 is 2.09 bits per heavy atom. The van der Waals surface area contributed by atoms with Crippen LogP contribution >= 0.6 is 0 Å². The maximum Gasteiger partial charge on any atom is 0.201 e. The molecule has 0 aromatic heterocycles. The van der Waals surface area contributed by atoms with Gasteiger partial charge in [-0.2, -0.15) is 23.8 Å². The molecule has 1 aromatic rings. The molecule has 0 aliphatic carbocycles. The van der Waals surface area contributed by atoms with Gasteiger partial charge in [0.05, 0.1) is 0 Å². The van der Waals surface area contributed by atoms with Crippen molar-refractivity contribution in [1.29, 1.82) is 0 Å². The summed E-state index contributed by atoms with van der Waals surface area (Å²) >= 11 is 0. The molecule has 2 unspecified atom stereocenters. The minimum atomic E-state index is -0.980. The molecule has 0 spiro atoms. The summed E-state index contributed by atoms with van der Waals surface area (Å²) in [6.45, 7) is 5.39. The first kappa shape index (κ1) is 17.5. The number of aryl methyl sites for hydroxylation is 1. The van der Waals surface area contributed by atoms with Crippen molar-refractivity contribution in [3.8, 4) is 0 Å². The molecule has 2 aliphatic heterocycles. The Kier molecular flexibility index (Phi) is 4.77. The molecule has 2 heterocycles. The van der Waals surface area contributed by atoms with Gasteiger partial charge >= 0.3 is 0 Å². The van der Waals surface area contributed by atoms with E-state index < -0.39 is 23.3 Å². The molecule has 1 radical (unpaired) electrons. The quantitative estimate of drug-likeness (QED) is 0.355. The van der Waals surface area contributed by atoms with Crippen molar-refractivity contribution in [2.45, 2.75) is 45.3 Å². The number of aliphatic hydroxyl groups excluding tert-OH is 1. The van der Waals surface area contributed by atoms with Gasteiger partial charge in [0.2, 0.25) is 5.78 Å². The fourth-order valence-electron chi connectivity index (χ4n) is 3.03.